The average molecular weight is 97.2 g/mol. The Hall–Kier alpha value is -0.590. The van der Waals surface area contributed by atoms with Gasteiger partial charge in [0.25, 0.3) is 0 Å². The zero-order valence-corrected chi connectivity index (χ0v) is 4.89. The minimum atomic E-state index is 0.879. The van der Waals surface area contributed by atoms with Crippen molar-refractivity contribution in [3.63, 3.8) is 0 Å². The highest BCUT2D eigenvalue weighted by molar-refractivity contribution is 5.70. The molecule has 0 heterocycles. The molecule has 0 amide bonds. The van der Waals surface area contributed by atoms with Crippen LogP contribution in [-0.2, 0) is 0 Å². The first-order chi connectivity index (χ1) is 3.41. The Labute approximate surface area is 44.8 Å². The fourth-order valence-electron chi connectivity index (χ4n) is 0.252. The minimum absolute atomic E-state index is 0.879. The van der Waals surface area contributed by atoms with Gasteiger partial charge in [0, 0.05) is 12.8 Å². The molecule has 0 aliphatic heterocycles. The maximum atomic E-state index is 3.95. The molecule has 40 valence electrons. The maximum absolute atomic E-state index is 3.95. The van der Waals surface area contributed by atoms with E-state index in [1.54, 1.807) is 6.21 Å². The van der Waals surface area contributed by atoms with Crippen LogP contribution in [0, 0.1) is 0 Å². The van der Waals surface area contributed by atoms with Gasteiger partial charge in [-0.3, -0.25) is 4.99 Å². The molecular weight excluding hydrogens is 86.1 g/mol. The van der Waals surface area contributed by atoms with E-state index in [1.807, 2.05) is 26.0 Å². The van der Waals surface area contributed by atoms with Gasteiger partial charge in [0.2, 0.25) is 0 Å². The third kappa shape index (κ3) is 5.41. The van der Waals surface area contributed by atoms with Crippen LogP contribution in [0.2, 0.25) is 0 Å². The van der Waals surface area contributed by atoms with Gasteiger partial charge < -0.3 is 0 Å². The molecule has 0 aromatic carbocycles. The molecule has 0 aromatic rings. The standard InChI is InChI=1S/C6H11N/c1-3-5-6-7-4-2/h3,5-6H,4H2,1-2H3. The fraction of sp³-hybridized carbons (Fsp3) is 0.500. The summed E-state index contributed by atoms with van der Waals surface area (Å²) in [5, 5.41) is 0. The quantitative estimate of drug-likeness (QED) is 0.464. The van der Waals surface area contributed by atoms with Crippen molar-refractivity contribution >= 4 is 6.21 Å². The molecule has 0 aliphatic rings. The summed E-state index contributed by atoms with van der Waals surface area (Å²) in [7, 11) is 0. The number of aliphatic imine (C=N–C) groups is 1. The zero-order chi connectivity index (χ0) is 5.54. The smallest absolute Gasteiger partial charge is 0.0360 e. The molecule has 0 N–H and O–H groups in total. The van der Waals surface area contributed by atoms with Crippen LogP contribution < -0.4 is 0 Å². The van der Waals surface area contributed by atoms with Gasteiger partial charge in [-0.1, -0.05) is 6.08 Å². The average Bonchev–Trinajstić information content (AvgIpc) is 1.69. The lowest BCUT2D eigenvalue weighted by Gasteiger charge is -1.72. The molecule has 0 saturated heterocycles. The molecule has 0 saturated carbocycles. The highest BCUT2D eigenvalue weighted by Crippen LogP contribution is 1.65. The van der Waals surface area contributed by atoms with Crippen LogP contribution in [-0.4, -0.2) is 12.8 Å². The van der Waals surface area contributed by atoms with Crippen molar-refractivity contribution in [2.24, 2.45) is 4.99 Å². The van der Waals surface area contributed by atoms with E-state index in [1.165, 1.54) is 0 Å². The molecule has 0 bridgehead atoms. The van der Waals surface area contributed by atoms with Crippen LogP contribution in [0.5, 0.6) is 0 Å². The molecule has 7 heavy (non-hydrogen) atoms. The Morgan fingerprint density at radius 2 is 2.29 bits per heavy atom. The van der Waals surface area contributed by atoms with E-state index in [0.717, 1.165) is 6.54 Å². The van der Waals surface area contributed by atoms with Gasteiger partial charge in [-0.05, 0) is 19.9 Å². The Bertz CT molecular complexity index is 72.2. The molecule has 0 radical (unpaired) electrons. The lowest BCUT2D eigenvalue weighted by Crippen LogP contribution is -1.66. The zero-order valence-electron chi connectivity index (χ0n) is 4.89. The van der Waals surface area contributed by atoms with Crippen LogP contribution in [0.4, 0.5) is 0 Å². The number of rotatable bonds is 2. The molecule has 0 atom stereocenters. The predicted molar refractivity (Wildman–Crippen MR) is 33.8 cm³/mol. The summed E-state index contributed by atoms with van der Waals surface area (Å²) in [4.78, 5) is 3.95. The summed E-state index contributed by atoms with van der Waals surface area (Å²) in [6, 6.07) is 0. The van der Waals surface area contributed by atoms with Crippen molar-refractivity contribution in [3.8, 4) is 0 Å². The molecule has 1 heteroatoms. The van der Waals surface area contributed by atoms with Crippen molar-refractivity contribution < 1.29 is 0 Å². The summed E-state index contributed by atoms with van der Waals surface area (Å²) in [5.41, 5.74) is 0. The van der Waals surface area contributed by atoms with Gasteiger partial charge in [-0.15, -0.1) is 0 Å². The molecule has 0 unspecified atom stereocenters. The van der Waals surface area contributed by atoms with Crippen molar-refractivity contribution in [1.29, 1.82) is 0 Å². The Morgan fingerprint density at radius 1 is 1.57 bits per heavy atom. The van der Waals surface area contributed by atoms with Crippen molar-refractivity contribution in [2.75, 3.05) is 6.54 Å². The van der Waals surface area contributed by atoms with Crippen LogP contribution in [0.15, 0.2) is 17.1 Å². The summed E-state index contributed by atoms with van der Waals surface area (Å²) < 4.78 is 0. The fourth-order valence-corrected chi connectivity index (χ4v) is 0.252. The third-order valence-corrected chi connectivity index (χ3v) is 0.566. The van der Waals surface area contributed by atoms with Gasteiger partial charge in [-0.25, -0.2) is 0 Å². The van der Waals surface area contributed by atoms with E-state index in [4.69, 9.17) is 0 Å². The van der Waals surface area contributed by atoms with Crippen molar-refractivity contribution in [3.05, 3.63) is 12.2 Å². The molecule has 1 nitrogen and oxygen atoms in total. The van der Waals surface area contributed by atoms with Crippen LogP contribution in [0.3, 0.4) is 0 Å². The molecule has 0 rings (SSSR count). The predicted octanol–water partition coefficient (Wildman–Crippen LogP) is 1.65. The second-order valence-electron chi connectivity index (χ2n) is 1.17. The summed E-state index contributed by atoms with van der Waals surface area (Å²) in [6.07, 6.45) is 5.68. The molecule has 0 aromatic heterocycles. The van der Waals surface area contributed by atoms with Crippen molar-refractivity contribution in [2.45, 2.75) is 13.8 Å². The Morgan fingerprint density at radius 3 is 2.71 bits per heavy atom. The third-order valence-electron chi connectivity index (χ3n) is 0.566. The lowest BCUT2D eigenvalue weighted by atomic mass is 10.6. The number of nitrogens with zero attached hydrogens (tertiary/aromatic N) is 1. The second kappa shape index (κ2) is 5.41. The molecule has 0 aliphatic carbocycles. The van der Waals surface area contributed by atoms with E-state index >= 15 is 0 Å². The Balaban J connectivity index is 3.09. The van der Waals surface area contributed by atoms with Gasteiger partial charge in [0.1, 0.15) is 0 Å². The molecule has 0 fully saturated rings. The summed E-state index contributed by atoms with van der Waals surface area (Å²) >= 11 is 0. The van der Waals surface area contributed by atoms with Gasteiger partial charge in [0.05, 0.1) is 0 Å². The largest absolute Gasteiger partial charge is 0.293 e. The van der Waals surface area contributed by atoms with Gasteiger partial charge >= 0.3 is 0 Å². The Kier molecular flexibility index (Phi) is 4.95. The first-order valence-electron chi connectivity index (χ1n) is 2.53. The van der Waals surface area contributed by atoms with E-state index in [0.29, 0.717) is 0 Å². The van der Waals surface area contributed by atoms with E-state index in [2.05, 4.69) is 4.99 Å². The monoisotopic (exact) mass is 97.1 g/mol. The highest BCUT2D eigenvalue weighted by Gasteiger charge is 1.57. The number of hydrogen-bond donors (Lipinski definition) is 0. The topological polar surface area (TPSA) is 12.4 Å². The maximum Gasteiger partial charge on any atom is 0.0360 e. The normalized spacial score (nSPS) is 11.7. The summed E-state index contributed by atoms with van der Waals surface area (Å²) in [5.74, 6) is 0. The SMILES string of the molecule is CC=CC=NCC. The van der Waals surface area contributed by atoms with E-state index in [-0.39, 0.29) is 0 Å². The summed E-state index contributed by atoms with van der Waals surface area (Å²) in [6.45, 7) is 4.87. The lowest BCUT2D eigenvalue weighted by molar-refractivity contribution is 1.14. The second-order valence-corrected chi connectivity index (χ2v) is 1.17. The first kappa shape index (κ1) is 6.41. The number of hydrogen-bond acceptors (Lipinski definition) is 1. The van der Waals surface area contributed by atoms with Crippen LogP contribution >= 0.6 is 0 Å². The van der Waals surface area contributed by atoms with E-state index in [9.17, 15) is 0 Å². The molecular formula is C6H11N. The van der Waals surface area contributed by atoms with Crippen molar-refractivity contribution in [1.82, 2.24) is 0 Å². The van der Waals surface area contributed by atoms with Gasteiger partial charge in [0.15, 0.2) is 0 Å². The van der Waals surface area contributed by atoms with Crippen LogP contribution in [0.25, 0.3) is 0 Å². The number of allylic oxidation sites excluding steroid dienone is 2. The molecule has 0 spiro atoms. The van der Waals surface area contributed by atoms with E-state index < -0.39 is 0 Å². The van der Waals surface area contributed by atoms with Gasteiger partial charge in [-0.2, -0.15) is 0 Å². The minimum Gasteiger partial charge on any atom is -0.293 e. The highest BCUT2D eigenvalue weighted by atomic mass is 14.7. The first-order valence-corrected chi connectivity index (χ1v) is 2.53. The van der Waals surface area contributed by atoms with Crippen LogP contribution in [0.1, 0.15) is 13.8 Å².